The van der Waals surface area contributed by atoms with Crippen molar-refractivity contribution in [3.8, 4) is 5.69 Å². The Bertz CT molecular complexity index is 770. The van der Waals surface area contributed by atoms with Gasteiger partial charge in [0.25, 0.3) is 0 Å². The molecule has 0 saturated heterocycles. The molecule has 0 N–H and O–H groups in total. The highest BCUT2D eigenvalue weighted by Gasteiger charge is 2.14. The van der Waals surface area contributed by atoms with Crippen LogP contribution in [0, 0.1) is 5.82 Å². The number of imidazole rings is 1. The molecule has 3 aromatic rings. The Morgan fingerprint density at radius 3 is 2.75 bits per heavy atom. The molecule has 2 aromatic carbocycles. The Morgan fingerprint density at radius 1 is 1.20 bits per heavy atom. The first-order valence-electron chi connectivity index (χ1n) is 6.18. The van der Waals surface area contributed by atoms with Crippen LogP contribution in [-0.2, 0) is 6.42 Å². The summed E-state index contributed by atoms with van der Waals surface area (Å²) in [5.41, 5.74) is 2.19. The molecule has 0 aliphatic heterocycles. The SMILES string of the molecule is Fc1ccccc1-n1c(CCCl)nc2cc(Br)ccc21. The Kier molecular flexibility index (Phi) is 3.76. The normalized spacial score (nSPS) is 11.2. The molecule has 0 spiro atoms. The third kappa shape index (κ3) is 2.34. The van der Waals surface area contributed by atoms with E-state index in [9.17, 15) is 4.39 Å². The molecular formula is C15H11BrClFN2. The summed E-state index contributed by atoms with van der Waals surface area (Å²) in [4.78, 5) is 4.56. The van der Waals surface area contributed by atoms with Crippen molar-refractivity contribution >= 4 is 38.6 Å². The van der Waals surface area contributed by atoms with Gasteiger partial charge < -0.3 is 0 Å². The Balaban J connectivity index is 2.32. The maximum absolute atomic E-state index is 14.1. The molecule has 0 unspecified atom stereocenters. The quantitative estimate of drug-likeness (QED) is 0.624. The number of nitrogens with zero attached hydrogens (tertiary/aromatic N) is 2. The van der Waals surface area contributed by atoms with E-state index in [1.54, 1.807) is 12.1 Å². The number of benzene rings is 2. The summed E-state index contributed by atoms with van der Waals surface area (Å²) in [6.45, 7) is 0. The van der Waals surface area contributed by atoms with Gasteiger partial charge in [-0.3, -0.25) is 4.57 Å². The number of hydrogen-bond donors (Lipinski definition) is 0. The first-order chi connectivity index (χ1) is 9.70. The zero-order valence-corrected chi connectivity index (χ0v) is 12.8. The molecule has 0 fully saturated rings. The molecule has 0 aliphatic carbocycles. The number of para-hydroxylation sites is 1. The third-order valence-electron chi connectivity index (χ3n) is 3.10. The Hall–Kier alpha value is -1.39. The smallest absolute Gasteiger partial charge is 0.147 e. The van der Waals surface area contributed by atoms with E-state index in [-0.39, 0.29) is 5.82 Å². The third-order valence-corrected chi connectivity index (χ3v) is 3.78. The Morgan fingerprint density at radius 2 is 2.00 bits per heavy atom. The lowest BCUT2D eigenvalue weighted by Gasteiger charge is -2.09. The first kappa shape index (κ1) is 13.6. The predicted octanol–water partition coefficient (Wildman–Crippen LogP) is 4.71. The number of alkyl halides is 1. The van der Waals surface area contributed by atoms with Gasteiger partial charge >= 0.3 is 0 Å². The number of aromatic nitrogens is 2. The number of hydrogen-bond acceptors (Lipinski definition) is 1. The largest absolute Gasteiger partial charge is 0.293 e. The molecule has 0 saturated carbocycles. The van der Waals surface area contributed by atoms with E-state index in [2.05, 4.69) is 20.9 Å². The predicted molar refractivity (Wildman–Crippen MR) is 83.2 cm³/mol. The van der Waals surface area contributed by atoms with Gasteiger partial charge in [-0.15, -0.1) is 11.6 Å². The van der Waals surface area contributed by atoms with Crippen molar-refractivity contribution in [2.24, 2.45) is 0 Å². The van der Waals surface area contributed by atoms with E-state index >= 15 is 0 Å². The van der Waals surface area contributed by atoms with Crippen LogP contribution in [0.5, 0.6) is 0 Å². The van der Waals surface area contributed by atoms with Gasteiger partial charge in [0.15, 0.2) is 0 Å². The van der Waals surface area contributed by atoms with Gasteiger partial charge in [0.2, 0.25) is 0 Å². The minimum atomic E-state index is -0.273. The molecule has 2 nitrogen and oxygen atoms in total. The van der Waals surface area contributed by atoms with Crippen molar-refractivity contribution in [1.82, 2.24) is 9.55 Å². The van der Waals surface area contributed by atoms with Gasteiger partial charge in [-0.1, -0.05) is 28.1 Å². The number of halogens is 3. The van der Waals surface area contributed by atoms with E-state index < -0.39 is 0 Å². The summed E-state index contributed by atoms with van der Waals surface area (Å²) in [5.74, 6) is 0.933. The molecule has 0 bridgehead atoms. The van der Waals surface area contributed by atoms with Crippen molar-refractivity contribution in [2.45, 2.75) is 6.42 Å². The highest BCUT2D eigenvalue weighted by atomic mass is 79.9. The lowest BCUT2D eigenvalue weighted by Crippen LogP contribution is -2.04. The van der Waals surface area contributed by atoms with E-state index in [0.29, 0.717) is 18.0 Å². The van der Waals surface area contributed by atoms with Crippen molar-refractivity contribution in [2.75, 3.05) is 5.88 Å². The molecule has 1 heterocycles. The van der Waals surface area contributed by atoms with Crippen LogP contribution in [-0.4, -0.2) is 15.4 Å². The summed E-state index contributed by atoms with van der Waals surface area (Å²) in [5, 5.41) is 0. The van der Waals surface area contributed by atoms with Gasteiger partial charge in [-0.25, -0.2) is 9.37 Å². The highest BCUT2D eigenvalue weighted by Crippen LogP contribution is 2.26. The molecule has 20 heavy (non-hydrogen) atoms. The maximum Gasteiger partial charge on any atom is 0.147 e. The minimum absolute atomic E-state index is 0.273. The molecule has 102 valence electrons. The Labute approximate surface area is 129 Å². The number of rotatable bonds is 3. The second kappa shape index (κ2) is 5.54. The van der Waals surface area contributed by atoms with Gasteiger partial charge in [-0.2, -0.15) is 0 Å². The second-order valence-corrected chi connectivity index (χ2v) is 5.68. The minimum Gasteiger partial charge on any atom is -0.293 e. The topological polar surface area (TPSA) is 17.8 Å². The van der Waals surface area contributed by atoms with Gasteiger partial charge in [-0.05, 0) is 30.3 Å². The van der Waals surface area contributed by atoms with E-state index in [0.717, 1.165) is 21.3 Å². The fraction of sp³-hybridized carbons (Fsp3) is 0.133. The average molecular weight is 354 g/mol. The summed E-state index contributed by atoms with van der Waals surface area (Å²) in [7, 11) is 0. The van der Waals surface area contributed by atoms with Crippen LogP contribution in [0.25, 0.3) is 16.7 Å². The summed E-state index contributed by atoms with van der Waals surface area (Å²) < 4.78 is 16.9. The summed E-state index contributed by atoms with van der Waals surface area (Å²) in [6, 6.07) is 12.5. The average Bonchev–Trinajstić information content (AvgIpc) is 2.77. The molecule has 3 rings (SSSR count). The molecular weight excluding hydrogens is 343 g/mol. The molecule has 0 radical (unpaired) electrons. The van der Waals surface area contributed by atoms with Crippen molar-refractivity contribution in [3.05, 3.63) is 58.6 Å². The highest BCUT2D eigenvalue weighted by molar-refractivity contribution is 9.10. The van der Waals surface area contributed by atoms with Gasteiger partial charge in [0.05, 0.1) is 16.7 Å². The fourth-order valence-corrected chi connectivity index (χ4v) is 2.78. The van der Waals surface area contributed by atoms with Gasteiger partial charge in [0.1, 0.15) is 11.6 Å². The van der Waals surface area contributed by atoms with Crippen molar-refractivity contribution in [3.63, 3.8) is 0 Å². The van der Waals surface area contributed by atoms with Crippen molar-refractivity contribution in [1.29, 1.82) is 0 Å². The molecule has 0 amide bonds. The monoisotopic (exact) mass is 352 g/mol. The lowest BCUT2D eigenvalue weighted by atomic mass is 10.2. The van der Waals surface area contributed by atoms with E-state index in [1.807, 2.05) is 28.8 Å². The first-order valence-corrected chi connectivity index (χ1v) is 7.51. The van der Waals surface area contributed by atoms with Crippen LogP contribution in [0.1, 0.15) is 5.82 Å². The molecule has 0 atom stereocenters. The van der Waals surface area contributed by atoms with Crippen LogP contribution in [0.4, 0.5) is 4.39 Å². The van der Waals surface area contributed by atoms with Crippen molar-refractivity contribution < 1.29 is 4.39 Å². The molecule has 0 aliphatic rings. The zero-order valence-electron chi connectivity index (χ0n) is 10.5. The van der Waals surface area contributed by atoms with E-state index in [1.165, 1.54) is 6.07 Å². The lowest BCUT2D eigenvalue weighted by molar-refractivity contribution is 0.617. The molecule has 1 aromatic heterocycles. The number of aryl methyl sites for hydroxylation is 1. The van der Waals surface area contributed by atoms with Gasteiger partial charge in [0, 0.05) is 16.8 Å². The summed E-state index contributed by atoms with van der Waals surface area (Å²) in [6.07, 6.45) is 0.586. The van der Waals surface area contributed by atoms with E-state index in [4.69, 9.17) is 11.6 Å². The van der Waals surface area contributed by atoms with Crippen LogP contribution < -0.4 is 0 Å². The number of fused-ring (bicyclic) bond motifs is 1. The van der Waals surface area contributed by atoms with Crippen LogP contribution >= 0.6 is 27.5 Å². The zero-order chi connectivity index (χ0) is 14.1. The standard InChI is InChI=1S/C15H11BrClFN2/c16-10-5-6-14-12(9-10)19-15(7-8-17)20(14)13-4-2-1-3-11(13)18/h1-6,9H,7-8H2. The maximum atomic E-state index is 14.1. The fourth-order valence-electron chi connectivity index (χ4n) is 2.26. The van der Waals surface area contributed by atoms with Crippen LogP contribution in [0.15, 0.2) is 46.9 Å². The summed E-state index contributed by atoms with van der Waals surface area (Å²) >= 11 is 9.26. The van der Waals surface area contributed by atoms with Crippen LogP contribution in [0.3, 0.4) is 0 Å². The second-order valence-electron chi connectivity index (χ2n) is 4.39. The molecule has 5 heteroatoms. The van der Waals surface area contributed by atoms with Crippen LogP contribution in [0.2, 0.25) is 0 Å².